The van der Waals surface area contributed by atoms with Gasteiger partial charge in [0, 0.05) is 5.69 Å². The van der Waals surface area contributed by atoms with Crippen molar-refractivity contribution in [1.29, 1.82) is 5.26 Å². The molecule has 0 saturated heterocycles. The van der Waals surface area contributed by atoms with Crippen molar-refractivity contribution in [1.82, 2.24) is 0 Å². The first-order valence-electron chi connectivity index (χ1n) is 5.06. The summed E-state index contributed by atoms with van der Waals surface area (Å²) in [6.07, 6.45) is 0. The van der Waals surface area contributed by atoms with E-state index in [2.05, 4.69) is 4.72 Å². The van der Waals surface area contributed by atoms with Crippen LogP contribution in [0, 0.1) is 25.2 Å². The van der Waals surface area contributed by atoms with Gasteiger partial charge in [-0.3, -0.25) is 4.72 Å². The molecule has 0 amide bonds. The van der Waals surface area contributed by atoms with E-state index in [1.54, 1.807) is 32.0 Å². The molecule has 17 heavy (non-hydrogen) atoms. The molecule has 0 aliphatic rings. The van der Waals surface area contributed by atoms with Crippen molar-refractivity contribution < 1.29 is 8.42 Å². The fourth-order valence-electron chi connectivity index (χ4n) is 1.26. The van der Waals surface area contributed by atoms with Gasteiger partial charge in [-0.2, -0.15) is 5.26 Å². The van der Waals surface area contributed by atoms with Crippen LogP contribution in [0.15, 0.2) is 12.1 Å². The Hall–Kier alpha value is -1.74. The molecule has 0 radical (unpaired) electrons. The van der Waals surface area contributed by atoms with Crippen LogP contribution >= 0.6 is 0 Å². The maximum absolute atomic E-state index is 11.7. The van der Waals surface area contributed by atoms with E-state index in [1.165, 1.54) is 6.92 Å². The number of anilines is 2. The Morgan fingerprint density at radius 2 is 1.94 bits per heavy atom. The van der Waals surface area contributed by atoms with E-state index in [0.717, 1.165) is 11.1 Å². The molecule has 1 atom stereocenters. The number of nitriles is 1. The smallest absolute Gasteiger partial charge is 0.248 e. The zero-order valence-electron chi connectivity index (χ0n) is 9.98. The minimum absolute atomic E-state index is 0.457. The number of nitrogens with zero attached hydrogens (tertiary/aromatic N) is 1. The van der Waals surface area contributed by atoms with Crippen molar-refractivity contribution in [2.45, 2.75) is 26.0 Å². The molecule has 0 aliphatic heterocycles. The molecule has 1 aromatic rings. The van der Waals surface area contributed by atoms with Crippen LogP contribution in [0.3, 0.4) is 0 Å². The fourth-order valence-corrected chi connectivity index (χ4v) is 2.10. The van der Waals surface area contributed by atoms with Crippen LogP contribution in [0.25, 0.3) is 0 Å². The predicted octanol–water partition coefficient (Wildman–Crippen LogP) is 1.54. The highest BCUT2D eigenvalue weighted by Gasteiger charge is 2.20. The maximum atomic E-state index is 11.7. The van der Waals surface area contributed by atoms with Crippen molar-refractivity contribution in [3.8, 4) is 6.07 Å². The summed E-state index contributed by atoms with van der Waals surface area (Å²) >= 11 is 0. The average molecular weight is 253 g/mol. The number of rotatable bonds is 3. The van der Waals surface area contributed by atoms with Gasteiger partial charge in [-0.05, 0) is 44.0 Å². The van der Waals surface area contributed by atoms with Crippen molar-refractivity contribution in [2.75, 3.05) is 10.5 Å². The topological polar surface area (TPSA) is 96.0 Å². The van der Waals surface area contributed by atoms with Gasteiger partial charge < -0.3 is 5.73 Å². The van der Waals surface area contributed by atoms with E-state index >= 15 is 0 Å². The largest absolute Gasteiger partial charge is 0.399 e. The number of sulfonamides is 1. The highest BCUT2D eigenvalue weighted by Crippen LogP contribution is 2.23. The third kappa shape index (κ3) is 2.88. The van der Waals surface area contributed by atoms with Gasteiger partial charge >= 0.3 is 0 Å². The summed E-state index contributed by atoms with van der Waals surface area (Å²) in [5.74, 6) is 0. The van der Waals surface area contributed by atoms with E-state index < -0.39 is 15.3 Å². The Labute approximate surface area is 101 Å². The lowest BCUT2D eigenvalue weighted by molar-refractivity contribution is 0.597. The van der Waals surface area contributed by atoms with Crippen LogP contribution in [0.2, 0.25) is 0 Å². The molecule has 0 saturated carbocycles. The summed E-state index contributed by atoms with van der Waals surface area (Å²) in [5, 5.41) is 7.53. The molecule has 0 aromatic heterocycles. The summed E-state index contributed by atoms with van der Waals surface area (Å²) in [6.45, 7) is 4.88. The SMILES string of the molecule is Cc1cc(NS(=O)(=O)C(C)C#N)c(C)cc1N. The second-order valence-electron chi connectivity index (χ2n) is 3.94. The summed E-state index contributed by atoms with van der Waals surface area (Å²) < 4.78 is 25.8. The molecule has 1 aromatic carbocycles. The van der Waals surface area contributed by atoms with Gasteiger partial charge in [0.25, 0.3) is 0 Å². The Bertz CT molecular complexity index is 573. The Kier molecular flexibility index (Phi) is 3.63. The number of aryl methyl sites for hydroxylation is 2. The molecule has 0 fully saturated rings. The zero-order valence-corrected chi connectivity index (χ0v) is 10.8. The van der Waals surface area contributed by atoms with Gasteiger partial charge in [0.1, 0.15) is 0 Å². The number of benzene rings is 1. The Balaban J connectivity index is 3.14. The monoisotopic (exact) mass is 253 g/mol. The lowest BCUT2D eigenvalue weighted by Gasteiger charge is -2.13. The molecule has 5 nitrogen and oxygen atoms in total. The lowest BCUT2D eigenvalue weighted by Crippen LogP contribution is -2.24. The van der Waals surface area contributed by atoms with Crippen LogP contribution in [-0.4, -0.2) is 13.7 Å². The predicted molar refractivity (Wildman–Crippen MR) is 67.9 cm³/mol. The molecule has 0 aliphatic carbocycles. The molecule has 1 unspecified atom stereocenters. The van der Waals surface area contributed by atoms with Crippen molar-refractivity contribution in [2.24, 2.45) is 0 Å². The number of nitrogens with two attached hydrogens (primary N) is 1. The quantitative estimate of drug-likeness (QED) is 0.798. The second kappa shape index (κ2) is 4.63. The minimum Gasteiger partial charge on any atom is -0.399 e. The van der Waals surface area contributed by atoms with E-state index in [-0.39, 0.29) is 0 Å². The lowest BCUT2D eigenvalue weighted by atomic mass is 10.1. The van der Waals surface area contributed by atoms with Crippen LogP contribution in [0.1, 0.15) is 18.1 Å². The number of hydrogen-bond donors (Lipinski definition) is 2. The van der Waals surface area contributed by atoms with Gasteiger partial charge in [-0.15, -0.1) is 0 Å². The van der Waals surface area contributed by atoms with E-state index in [4.69, 9.17) is 11.0 Å². The van der Waals surface area contributed by atoms with Crippen LogP contribution < -0.4 is 10.5 Å². The summed E-state index contributed by atoms with van der Waals surface area (Å²) in [6, 6.07) is 5.05. The number of nitrogen functional groups attached to an aromatic ring is 1. The van der Waals surface area contributed by atoms with E-state index in [1.807, 2.05) is 0 Å². The average Bonchev–Trinajstić information content (AvgIpc) is 2.24. The molecular weight excluding hydrogens is 238 g/mol. The molecular formula is C11H15N3O2S. The van der Waals surface area contributed by atoms with Gasteiger partial charge in [0.2, 0.25) is 10.0 Å². The number of hydrogen-bond acceptors (Lipinski definition) is 4. The molecule has 6 heteroatoms. The van der Waals surface area contributed by atoms with E-state index in [9.17, 15) is 8.42 Å². The Morgan fingerprint density at radius 3 is 2.47 bits per heavy atom. The van der Waals surface area contributed by atoms with E-state index in [0.29, 0.717) is 11.4 Å². The van der Waals surface area contributed by atoms with Crippen LogP contribution in [0.4, 0.5) is 11.4 Å². The first-order valence-corrected chi connectivity index (χ1v) is 6.60. The molecule has 3 N–H and O–H groups in total. The summed E-state index contributed by atoms with van der Waals surface area (Å²) in [7, 11) is -3.67. The standard InChI is InChI=1S/C11H15N3O2S/c1-7-5-11(8(2)4-10(7)13)14-17(15,16)9(3)6-12/h4-5,9,14H,13H2,1-3H3. The minimum atomic E-state index is -3.67. The normalized spacial score (nSPS) is 12.8. The van der Waals surface area contributed by atoms with Crippen LogP contribution in [-0.2, 0) is 10.0 Å². The fraction of sp³-hybridized carbons (Fsp3) is 0.364. The first-order chi connectivity index (χ1) is 7.77. The van der Waals surface area contributed by atoms with Crippen LogP contribution in [0.5, 0.6) is 0 Å². The highest BCUT2D eigenvalue weighted by atomic mass is 32.2. The summed E-state index contributed by atoms with van der Waals surface area (Å²) in [5.41, 5.74) is 8.29. The number of nitrogens with one attached hydrogen (secondary N) is 1. The first kappa shape index (κ1) is 13.3. The molecule has 1 rings (SSSR count). The third-order valence-electron chi connectivity index (χ3n) is 2.51. The molecule has 0 bridgehead atoms. The van der Waals surface area contributed by atoms with Gasteiger partial charge in [0.15, 0.2) is 5.25 Å². The second-order valence-corrected chi connectivity index (χ2v) is 5.94. The summed E-state index contributed by atoms with van der Waals surface area (Å²) in [4.78, 5) is 0. The third-order valence-corrected chi connectivity index (χ3v) is 4.05. The maximum Gasteiger partial charge on any atom is 0.248 e. The van der Waals surface area contributed by atoms with Crippen molar-refractivity contribution in [3.63, 3.8) is 0 Å². The zero-order chi connectivity index (χ0) is 13.2. The van der Waals surface area contributed by atoms with Crippen molar-refractivity contribution >= 4 is 21.4 Å². The van der Waals surface area contributed by atoms with Crippen molar-refractivity contribution in [3.05, 3.63) is 23.3 Å². The van der Waals surface area contributed by atoms with Gasteiger partial charge in [-0.1, -0.05) is 0 Å². The van der Waals surface area contributed by atoms with Gasteiger partial charge in [-0.25, -0.2) is 8.42 Å². The van der Waals surface area contributed by atoms with Gasteiger partial charge in [0.05, 0.1) is 11.8 Å². The molecule has 0 spiro atoms. The molecule has 0 heterocycles. The highest BCUT2D eigenvalue weighted by molar-refractivity contribution is 7.93. The Morgan fingerprint density at radius 1 is 1.35 bits per heavy atom. The molecule has 92 valence electrons.